The van der Waals surface area contributed by atoms with Gasteiger partial charge in [-0.3, -0.25) is 4.79 Å². The number of ether oxygens (including phenoxy) is 1. The average Bonchev–Trinajstić information content (AvgIpc) is 2.23. The summed E-state index contributed by atoms with van der Waals surface area (Å²) in [4.78, 5) is 22.0. The third kappa shape index (κ3) is 7.15. The second-order valence-electron chi connectivity index (χ2n) is 2.91. The predicted molar refractivity (Wildman–Crippen MR) is 62.2 cm³/mol. The van der Waals surface area contributed by atoms with Crippen LogP contribution < -0.4 is 5.32 Å². The van der Waals surface area contributed by atoms with Crippen molar-refractivity contribution in [3.8, 4) is 12.3 Å². The van der Waals surface area contributed by atoms with E-state index in [1.165, 1.54) is 11.8 Å². The summed E-state index contributed by atoms with van der Waals surface area (Å²) in [6.45, 7) is 0.560. The molecule has 0 bridgehead atoms. The number of aliphatic carboxylic acids is 1. The first kappa shape index (κ1) is 14.8. The van der Waals surface area contributed by atoms with Crippen molar-refractivity contribution >= 4 is 23.6 Å². The van der Waals surface area contributed by atoms with E-state index in [1.54, 1.807) is 7.11 Å². The molecule has 0 saturated heterocycles. The molecule has 0 heterocycles. The van der Waals surface area contributed by atoms with Gasteiger partial charge in [-0.1, -0.05) is 0 Å². The fraction of sp³-hybridized carbons (Fsp3) is 0.600. The minimum atomic E-state index is -1.12. The third-order valence-electron chi connectivity index (χ3n) is 1.62. The zero-order valence-corrected chi connectivity index (χ0v) is 9.88. The predicted octanol–water partition coefficient (Wildman–Crippen LogP) is -0.0413. The molecule has 0 aliphatic heterocycles. The van der Waals surface area contributed by atoms with Crippen LogP contribution in [0.15, 0.2) is 0 Å². The quantitative estimate of drug-likeness (QED) is 0.463. The van der Waals surface area contributed by atoms with Crippen molar-refractivity contribution in [3.63, 3.8) is 0 Å². The van der Waals surface area contributed by atoms with Crippen molar-refractivity contribution < 1.29 is 19.4 Å². The Labute approximate surface area is 98.9 Å². The number of nitrogens with one attached hydrogen (secondary N) is 1. The highest BCUT2D eigenvalue weighted by Gasteiger charge is 2.18. The number of carboxylic acids is 1. The van der Waals surface area contributed by atoms with Gasteiger partial charge in [0.1, 0.15) is 6.04 Å². The third-order valence-corrected chi connectivity index (χ3v) is 2.54. The molecule has 6 heteroatoms. The van der Waals surface area contributed by atoms with Crippen LogP contribution in [0.5, 0.6) is 0 Å². The molecule has 0 aliphatic rings. The Morgan fingerprint density at radius 3 is 2.81 bits per heavy atom. The van der Waals surface area contributed by atoms with E-state index in [2.05, 4.69) is 11.2 Å². The van der Waals surface area contributed by atoms with Crippen LogP contribution in [0.3, 0.4) is 0 Å². The minimum absolute atomic E-state index is 0.0101. The number of amides is 1. The molecule has 0 radical (unpaired) electrons. The highest BCUT2D eigenvalue weighted by Crippen LogP contribution is 1.99. The molecular formula is C10H15NO4S. The second kappa shape index (κ2) is 9.07. The van der Waals surface area contributed by atoms with E-state index in [4.69, 9.17) is 16.3 Å². The Morgan fingerprint density at radius 1 is 1.62 bits per heavy atom. The maximum atomic E-state index is 11.3. The highest BCUT2D eigenvalue weighted by molar-refractivity contribution is 7.99. The van der Waals surface area contributed by atoms with Crippen LogP contribution in [-0.4, -0.2) is 48.2 Å². The van der Waals surface area contributed by atoms with E-state index in [9.17, 15) is 9.59 Å². The number of hydrogen-bond donors (Lipinski definition) is 2. The Balaban J connectivity index is 3.83. The summed E-state index contributed by atoms with van der Waals surface area (Å²) in [7, 11) is 1.58. The number of thioether (sulfide) groups is 1. The fourth-order valence-electron chi connectivity index (χ4n) is 0.861. The molecule has 90 valence electrons. The van der Waals surface area contributed by atoms with E-state index in [0.717, 1.165) is 0 Å². The number of rotatable bonds is 8. The zero-order valence-electron chi connectivity index (χ0n) is 9.06. The van der Waals surface area contributed by atoms with Gasteiger partial charge in [0, 0.05) is 19.3 Å². The number of terminal acetylenes is 1. The summed E-state index contributed by atoms with van der Waals surface area (Å²) in [5.74, 6) is 1.66. The molecule has 0 spiro atoms. The van der Waals surface area contributed by atoms with Crippen LogP contribution >= 0.6 is 11.8 Å². The van der Waals surface area contributed by atoms with E-state index in [-0.39, 0.29) is 18.1 Å². The minimum Gasteiger partial charge on any atom is -0.480 e. The van der Waals surface area contributed by atoms with Crippen LogP contribution in [0.2, 0.25) is 0 Å². The lowest BCUT2D eigenvalue weighted by Crippen LogP contribution is -2.41. The van der Waals surface area contributed by atoms with Gasteiger partial charge < -0.3 is 15.2 Å². The molecule has 0 aromatic rings. The molecule has 0 aromatic carbocycles. The zero-order chi connectivity index (χ0) is 12.4. The number of carboxylic acid groups (broad SMARTS) is 1. The summed E-state index contributed by atoms with van der Waals surface area (Å²) < 4.78 is 4.81. The van der Waals surface area contributed by atoms with Crippen LogP contribution in [0, 0.1) is 12.3 Å². The molecule has 0 aliphatic carbocycles. The van der Waals surface area contributed by atoms with Gasteiger partial charge in [-0.2, -0.15) is 0 Å². The summed E-state index contributed by atoms with van der Waals surface area (Å²) >= 11 is 1.38. The van der Waals surface area contributed by atoms with Gasteiger partial charge in [-0.05, 0) is 0 Å². The molecule has 0 saturated carbocycles. The molecule has 5 nitrogen and oxygen atoms in total. The first-order valence-corrected chi connectivity index (χ1v) is 5.79. The highest BCUT2D eigenvalue weighted by atomic mass is 32.2. The van der Waals surface area contributed by atoms with Gasteiger partial charge in [0.05, 0.1) is 12.4 Å². The Bertz CT molecular complexity index is 274. The van der Waals surface area contributed by atoms with Crippen LogP contribution in [0.1, 0.15) is 6.42 Å². The van der Waals surface area contributed by atoms with Crippen molar-refractivity contribution in [3.05, 3.63) is 0 Å². The van der Waals surface area contributed by atoms with Gasteiger partial charge >= 0.3 is 5.97 Å². The molecular weight excluding hydrogens is 230 g/mol. The molecule has 0 fully saturated rings. The lowest BCUT2D eigenvalue weighted by atomic mass is 10.2. The monoisotopic (exact) mass is 245 g/mol. The first-order chi connectivity index (χ1) is 7.61. The SMILES string of the molecule is C#CCC(NC(=O)CSCCOC)C(=O)O. The van der Waals surface area contributed by atoms with E-state index in [0.29, 0.717) is 12.4 Å². The summed E-state index contributed by atoms with van der Waals surface area (Å²) in [5, 5.41) is 11.1. The largest absolute Gasteiger partial charge is 0.480 e. The van der Waals surface area contributed by atoms with Gasteiger partial charge in [-0.25, -0.2) is 4.79 Å². The fourth-order valence-corrected chi connectivity index (χ4v) is 1.56. The Kier molecular flexibility index (Phi) is 8.39. The van der Waals surface area contributed by atoms with Crippen LogP contribution in [-0.2, 0) is 14.3 Å². The smallest absolute Gasteiger partial charge is 0.327 e. The van der Waals surface area contributed by atoms with E-state index >= 15 is 0 Å². The number of carbonyl (C=O) groups is 2. The van der Waals surface area contributed by atoms with E-state index in [1.807, 2.05) is 0 Å². The van der Waals surface area contributed by atoms with Crippen molar-refractivity contribution in [1.82, 2.24) is 5.32 Å². The summed E-state index contributed by atoms with van der Waals surface area (Å²) in [6, 6.07) is -1.000. The van der Waals surface area contributed by atoms with Gasteiger partial charge in [-0.15, -0.1) is 24.1 Å². The van der Waals surface area contributed by atoms with Gasteiger partial charge in [0.25, 0.3) is 0 Å². The topological polar surface area (TPSA) is 75.6 Å². The van der Waals surface area contributed by atoms with E-state index < -0.39 is 12.0 Å². The normalized spacial score (nSPS) is 11.5. The summed E-state index contributed by atoms with van der Waals surface area (Å²) in [5.41, 5.74) is 0. The molecule has 0 aromatic heterocycles. The van der Waals surface area contributed by atoms with Crippen LogP contribution in [0.25, 0.3) is 0 Å². The molecule has 2 N–H and O–H groups in total. The van der Waals surface area contributed by atoms with Crippen LogP contribution in [0.4, 0.5) is 0 Å². The van der Waals surface area contributed by atoms with Crippen molar-refractivity contribution in [2.45, 2.75) is 12.5 Å². The maximum Gasteiger partial charge on any atom is 0.327 e. The Morgan fingerprint density at radius 2 is 2.31 bits per heavy atom. The number of methoxy groups -OCH3 is 1. The van der Waals surface area contributed by atoms with Crippen molar-refractivity contribution in [2.75, 3.05) is 25.2 Å². The Hall–Kier alpha value is -1.19. The first-order valence-electron chi connectivity index (χ1n) is 4.64. The maximum absolute atomic E-state index is 11.3. The lowest BCUT2D eigenvalue weighted by molar-refractivity contribution is -0.141. The van der Waals surface area contributed by atoms with Gasteiger partial charge in [0.2, 0.25) is 5.91 Å². The molecule has 1 amide bonds. The standard InChI is InChI=1S/C10H15NO4S/c1-3-4-8(10(13)14)11-9(12)7-16-6-5-15-2/h1,8H,4-7H2,2H3,(H,11,12)(H,13,14). The molecule has 1 unspecified atom stereocenters. The average molecular weight is 245 g/mol. The molecule has 16 heavy (non-hydrogen) atoms. The molecule has 1 atom stereocenters. The van der Waals surface area contributed by atoms with Crippen molar-refractivity contribution in [1.29, 1.82) is 0 Å². The summed E-state index contributed by atoms with van der Waals surface area (Å²) in [6.07, 6.45) is 4.99. The number of hydrogen-bond acceptors (Lipinski definition) is 4. The lowest BCUT2D eigenvalue weighted by Gasteiger charge is -2.11. The second-order valence-corrected chi connectivity index (χ2v) is 4.02. The number of carbonyl (C=O) groups excluding carboxylic acids is 1. The van der Waals surface area contributed by atoms with Crippen molar-refractivity contribution in [2.24, 2.45) is 0 Å². The van der Waals surface area contributed by atoms with Gasteiger partial charge in [0.15, 0.2) is 0 Å². The molecule has 0 rings (SSSR count).